The molecule has 3 aliphatic heterocycles. The van der Waals surface area contributed by atoms with Crippen LogP contribution in [0.5, 0.6) is 0 Å². The van der Waals surface area contributed by atoms with Gasteiger partial charge in [-0.3, -0.25) is 19.4 Å². The zero-order valence-electron chi connectivity index (χ0n) is 25.1. The maximum Gasteiger partial charge on any atom is 0.332 e. The van der Waals surface area contributed by atoms with Gasteiger partial charge in [-0.1, -0.05) is 68.4 Å². The standard InChI is InChI=1S/C35H37N5O4/c1-22(2)23-11-13-24(14-12-23)32-31-27(25-7-3-5-9-28(25)37-31)21-30-34(42)40(35(43)39(30)32)29-10-6-4-8-26(29)33(41)36-15-16-38-17-19-44-20-18-38/h3-14,22,30,32,37H,15-21H2,1-2H3,(H,36,41)/t30-,32+/m0/s1. The van der Waals surface area contributed by atoms with E-state index in [9.17, 15) is 14.4 Å². The second-order valence-corrected chi connectivity index (χ2v) is 12.1. The Kier molecular flexibility index (Phi) is 7.43. The largest absolute Gasteiger partial charge is 0.379 e. The Balaban J connectivity index is 1.23. The van der Waals surface area contributed by atoms with E-state index in [-0.39, 0.29) is 11.8 Å². The van der Waals surface area contributed by atoms with Crippen LogP contribution < -0.4 is 10.2 Å². The molecule has 0 radical (unpaired) electrons. The zero-order valence-corrected chi connectivity index (χ0v) is 25.1. The molecule has 0 spiro atoms. The Morgan fingerprint density at radius 1 is 0.977 bits per heavy atom. The lowest BCUT2D eigenvalue weighted by molar-refractivity contribution is -0.120. The Bertz CT molecular complexity index is 1720. The minimum atomic E-state index is -0.693. The number of aromatic nitrogens is 1. The molecule has 4 amide bonds. The third kappa shape index (κ3) is 4.86. The number of nitrogens with one attached hydrogen (secondary N) is 2. The molecule has 2 atom stereocenters. The molecule has 4 heterocycles. The number of fused-ring (bicyclic) bond motifs is 4. The molecule has 2 saturated heterocycles. The molecule has 0 bridgehead atoms. The predicted molar refractivity (Wildman–Crippen MR) is 169 cm³/mol. The van der Waals surface area contributed by atoms with Crippen LogP contribution in [0.1, 0.15) is 58.5 Å². The molecule has 0 saturated carbocycles. The van der Waals surface area contributed by atoms with Crippen molar-refractivity contribution < 1.29 is 19.1 Å². The molecular formula is C35H37N5O4. The summed E-state index contributed by atoms with van der Waals surface area (Å²) in [6.45, 7) is 8.51. The van der Waals surface area contributed by atoms with Crippen molar-refractivity contribution in [3.05, 3.63) is 101 Å². The van der Waals surface area contributed by atoms with Crippen molar-refractivity contribution in [2.75, 3.05) is 44.3 Å². The normalized spacial score (nSPS) is 20.3. The maximum atomic E-state index is 14.4. The number of urea groups is 1. The first-order valence-corrected chi connectivity index (χ1v) is 15.5. The topological polar surface area (TPSA) is 98.0 Å². The fourth-order valence-corrected chi connectivity index (χ4v) is 6.81. The number of carbonyl (C=O) groups is 3. The van der Waals surface area contributed by atoms with Gasteiger partial charge in [0.1, 0.15) is 12.1 Å². The first-order chi connectivity index (χ1) is 21.4. The summed E-state index contributed by atoms with van der Waals surface area (Å²) in [4.78, 5) is 50.8. The summed E-state index contributed by atoms with van der Waals surface area (Å²) in [6, 6.07) is 21.7. The predicted octanol–water partition coefficient (Wildman–Crippen LogP) is 4.84. The number of ether oxygens (including phenoxy) is 1. The molecule has 9 nitrogen and oxygen atoms in total. The maximum absolute atomic E-state index is 14.4. The molecular weight excluding hydrogens is 554 g/mol. The van der Waals surface area contributed by atoms with E-state index >= 15 is 0 Å². The fourth-order valence-electron chi connectivity index (χ4n) is 6.81. The van der Waals surface area contributed by atoms with Crippen LogP contribution in [0.15, 0.2) is 72.8 Å². The number of H-pyrrole nitrogens is 1. The van der Waals surface area contributed by atoms with Crippen molar-refractivity contribution in [3.63, 3.8) is 0 Å². The zero-order chi connectivity index (χ0) is 30.4. The molecule has 2 fully saturated rings. The van der Waals surface area contributed by atoms with Gasteiger partial charge in [-0.15, -0.1) is 0 Å². The summed E-state index contributed by atoms with van der Waals surface area (Å²) < 4.78 is 5.41. The lowest BCUT2D eigenvalue weighted by Gasteiger charge is -2.36. The van der Waals surface area contributed by atoms with Crippen LogP contribution in [0.25, 0.3) is 10.9 Å². The van der Waals surface area contributed by atoms with Crippen molar-refractivity contribution in [2.45, 2.75) is 38.3 Å². The fraction of sp³-hybridized carbons (Fsp3) is 0.343. The van der Waals surface area contributed by atoms with E-state index in [1.54, 1.807) is 29.2 Å². The van der Waals surface area contributed by atoms with Crippen LogP contribution in [0.2, 0.25) is 0 Å². The highest BCUT2D eigenvalue weighted by molar-refractivity contribution is 6.24. The second-order valence-electron chi connectivity index (χ2n) is 12.1. The van der Waals surface area contributed by atoms with Crippen molar-refractivity contribution in [2.24, 2.45) is 0 Å². The summed E-state index contributed by atoms with van der Waals surface area (Å²) >= 11 is 0. The smallest absolute Gasteiger partial charge is 0.332 e. The number of para-hydroxylation sites is 2. The monoisotopic (exact) mass is 591 g/mol. The molecule has 1 aromatic heterocycles. The number of morpholine rings is 1. The van der Waals surface area contributed by atoms with Gasteiger partial charge in [-0.05, 0) is 40.8 Å². The van der Waals surface area contributed by atoms with Crippen LogP contribution in [0.4, 0.5) is 10.5 Å². The van der Waals surface area contributed by atoms with Crippen molar-refractivity contribution in [1.29, 1.82) is 0 Å². The van der Waals surface area contributed by atoms with E-state index in [1.807, 2.05) is 18.2 Å². The van der Waals surface area contributed by atoms with Gasteiger partial charge in [0, 0.05) is 49.2 Å². The number of rotatable bonds is 7. The van der Waals surface area contributed by atoms with E-state index in [4.69, 9.17) is 4.74 Å². The molecule has 0 aliphatic carbocycles. The van der Waals surface area contributed by atoms with Gasteiger partial charge < -0.3 is 15.0 Å². The van der Waals surface area contributed by atoms with Gasteiger partial charge in [0.05, 0.1) is 24.5 Å². The average Bonchev–Trinajstić information content (AvgIpc) is 3.54. The van der Waals surface area contributed by atoms with Gasteiger partial charge in [-0.2, -0.15) is 0 Å². The van der Waals surface area contributed by atoms with Crippen LogP contribution in [-0.4, -0.2) is 78.1 Å². The number of anilines is 1. The van der Waals surface area contributed by atoms with Gasteiger partial charge in [-0.25, -0.2) is 9.69 Å². The molecule has 9 heteroatoms. The Morgan fingerprint density at radius 3 is 2.48 bits per heavy atom. The number of hydrogen-bond donors (Lipinski definition) is 2. The van der Waals surface area contributed by atoms with Crippen LogP contribution in [0.3, 0.4) is 0 Å². The summed E-state index contributed by atoms with van der Waals surface area (Å²) in [5, 5.41) is 4.05. The van der Waals surface area contributed by atoms with Gasteiger partial charge in [0.2, 0.25) is 0 Å². The van der Waals surface area contributed by atoms with Crippen LogP contribution >= 0.6 is 0 Å². The van der Waals surface area contributed by atoms with E-state index in [1.165, 1.54) is 10.5 Å². The van der Waals surface area contributed by atoms with Crippen molar-refractivity contribution in [3.8, 4) is 0 Å². The third-order valence-corrected chi connectivity index (χ3v) is 9.17. The van der Waals surface area contributed by atoms with E-state index in [2.05, 4.69) is 59.4 Å². The Labute approximate surface area is 256 Å². The molecule has 3 aliphatic rings. The van der Waals surface area contributed by atoms with Gasteiger partial charge in [0.25, 0.3) is 11.8 Å². The summed E-state index contributed by atoms with van der Waals surface area (Å²) in [6.07, 6.45) is 0.398. The Hall–Kier alpha value is -4.47. The summed E-state index contributed by atoms with van der Waals surface area (Å²) in [7, 11) is 0. The average molecular weight is 592 g/mol. The van der Waals surface area contributed by atoms with Crippen LogP contribution in [0, 0.1) is 0 Å². The highest BCUT2D eigenvalue weighted by Gasteiger charge is 2.53. The highest BCUT2D eigenvalue weighted by atomic mass is 16.5. The van der Waals surface area contributed by atoms with E-state index < -0.39 is 18.1 Å². The number of nitrogens with zero attached hydrogens (tertiary/aromatic N) is 3. The molecule has 0 unspecified atom stereocenters. The number of aromatic amines is 1. The SMILES string of the molecule is CC(C)c1ccc([C@@H]2c3[nH]c4ccccc4c3C[C@H]3C(=O)N(c4ccccc4C(=O)NCCN4CCOCC4)C(=O)N23)cc1. The molecule has 7 rings (SSSR count). The number of benzene rings is 3. The molecule has 3 aromatic carbocycles. The quantitative estimate of drug-likeness (QED) is 0.300. The minimum absolute atomic E-state index is 0.304. The lowest BCUT2D eigenvalue weighted by Crippen LogP contribution is -2.44. The van der Waals surface area contributed by atoms with Gasteiger partial charge in [0.15, 0.2) is 0 Å². The van der Waals surface area contributed by atoms with Crippen molar-refractivity contribution >= 4 is 34.4 Å². The molecule has 2 N–H and O–H groups in total. The first-order valence-electron chi connectivity index (χ1n) is 15.5. The Morgan fingerprint density at radius 2 is 1.70 bits per heavy atom. The molecule has 44 heavy (non-hydrogen) atoms. The highest BCUT2D eigenvalue weighted by Crippen LogP contribution is 2.45. The van der Waals surface area contributed by atoms with Gasteiger partial charge >= 0.3 is 6.03 Å². The lowest BCUT2D eigenvalue weighted by atomic mass is 9.88. The third-order valence-electron chi connectivity index (χ3n) is 9.17. The summed E-state index contributed by atoms with van der Waals surface area (Å²) in [5.74, 6) is -0.256. The summed E-state index contributed by atoms with van der Waals surface area (Å²) in [5.41, 5.74) is 5.72. The number of amides is 4. The number of carbonyl (C=O) groups excluding carboxylic acids is 3. The second kappa shape index (κ2) is 11.6. The van der Waals surface area contributed by atoms with Crippen molar-refractivity contribution in [1.82, 2.24) is 20.1 Å². The number of imide groups is 1. The van der Waals surface area contributed by atoms with E-state index in [0.717, 1.165) is 40.8 Å². The van der Waals surface area contributed by atoms with E-state index in [0.29, 0.717) is 49.9 Å². The molecule has 226 valence electrons. The molecule has 4 aromatic rings. The first kappa shape index (κ1) is 28.3. The van der Waals surface area contributed by atoms with Crippen LogP contribution in [-0.2, 0) is 16.0 Å². The number of hydrogen-bond acceptors (Lipinski definition) is 5. The minimum Gasteiger partial charge on any atom is -0.379 e.